The number of carbonyl (C=O) groups is 1. The summed E-state index contributed by atoms with van der Waals surface area (Å²) in [4.78, 5) is 14.7. The van der Waals surface area contributed by atoms with Crippen LogP contribution in [0.5, 0.6) is 11.5 Å². The molecular formula is C21H26N2O3. The third-order valence-electron chi connectivity index (χ3n) is 4.83. The predicted molar refractivity (Wildman–Crippen MR) is 103 cm³/mol. The maximum Gasteiger partial charge on any atom is 0.321 e. The third-order valence-corrected chi connectivity index (χ3v) is 4.83. The van der Waals surface area contributed by atoms with Gasteiger partial charge in [-0.2, -0.15) is 0 Å². The van der Waals surface area contributed by atoms with Crippen LogP contribution >= 0.6 is 0 Å². The van der Waals surface area contributed by atoms with E-state index in [1.54, 1.807) is 32.4 Å². The summed E-state index contributed by atoms with van der Waals surface area (Å²) in [6.45, 7) is 1.51. The van der Waals surface area contributed by atoms with Gasteiger partial charge in [0.2, 0.25) is 0 Å². The zero-order chi connectivity index (χ0) is 18.4. The van der Waals surface area contributed by atoms with E-state index in [0.29, 0.717) is 23.1 Å². The van der Waals surface area contributed by atoms with Crippen LogP contribution in [-0.2, 0) is 0 Å². The Hall–Kier alpha value is -2.69. The predicted octanol–water partition coefficient (Wildman–Crippen LogP) is 4.51. The van der Waals surface area contributed by atoms with Crippen molar-refractivity contribution in [3.05, 3.63) is 54.1 Å². The zero-order valence-electron chi connectivity index (χ0n) is 15.4. The minimum Gasteiger partial charge on any atom is -0.497 e. The summed E-state index contributed by atoms with van der Waals surface area (Å²) < 4.78 is 10.5. The van der Waals surface area contributed by atoms with E-state index in [4.69, 9.17) is 9.47 Å². The quantitative estimate of drug-likeness (QED) is 0.879. The number of hydrogen-bond donors (Lipinski definition) is 1. The minimum atomic E-state index is -0.0804. The maximum atomic E-state index is 12.8. The lowest BCUT2D eigenvalue weighted by atomic mass is 9.94. The molecule has 1 saturated heterocycles. The molecule has 1 aliphatic heterocycles. The van der Waals surface area contributed by atoms with Gasteiger partial charge in [-0.3, -0.25) is 0 Å². The minimum absolute atomic E-state index is 0.0804. The number of ether oxygens (including phenoxy) is 2. The van der Waals surface area contributed by atoms with Crippen molar-refractivity contribution in [2.24, 2.45) is 0 Å². The highest BCUT2D eigenvalue weighted by Gasteiger charge is 2.23. The van der Waals surface area contributed by atoms with E-state index in [1.807, 2.05) is 11.0 Å². The van der Waals surface area contributed by atoms with Crippen LogP contribution in [0.25, 0.3) is 0 Å². The second-order valence-electron chi connectivity index (χ2n) is 6.58. The Bertz CT molecular complexity index is 711. The van der Waals surface area contributed by atoms with Gasteiger partial charge >= 0.3 is 6.03 Å². The Morgan fingerprint density at radius 2 is 1.73 bits per heavy atom. The fourth-order valence-electron chi connectivity index (χ4n) is 3.41. The molecule has 1 atom stereocenters. The van der Waals surface area contributed by atoms with E-state index in [0.717, 1.165) is 32.4 Å². The molecule has 0 saturated carbocycles. The Kier molecular flexibility index (Phi) is 6.00. The average molecular weight is 354 g/mol. The number of anilines is 1. The molecule has 1 heterocycles. The summed E-state index contributed by atoms with van der Waals surface area (Å²) in [7, 11) is 3.19. The van der Waals surface area contributed by atoms with Crippen molar-refractivity contribution < 1.29 is 14.3 Å². The zero-order valence-corrected chi connectivity index (χ0v) is 15.4. The largest absolute Gasteiger partial charge is 0.497 e. The first-order valence-electron chi connectivity index (χ1n) is 9.03. The summed E-state index contributed by atoms with van der Waals surface area (Å²) in [5, 5.41) is 2.99. The highest BCUT2D eigenvalue weighted by molar-refractivity contribution is 5.90. The molecular weight excluding hydrogens is 328 g/mol. The van der Waals surface area contributed by atoms with Crippen LogP contribution in [0, 0.1) is 0 Å². The van der Waals surface area contributed by atoms with Crippen LogP contribution < -0.4 is 14.8 Å². The monoisotopic (exact) mass is 354 g/mol. The highest BCUT2D eigenvalue weighted by Crippen LogP contribution is 2.28. The molecule has 2 aromatic rings. The summed E-state index contributed by atoms with van der Waals surface area (Å²) in [6, 6.07) is 15.8. The lowest BCUT2D eigenvalue weighted by molar-refractivity contribution is 0.211. The first-order chi connectivity index (χ1) is 12.7. The van der Waals surface area contributed by atoms with Gasteiger partial charge in [0.15, 0.2) is 0 Å². The van der Waals surface area contributed by atoms with Crippen LogP contribution in [0.1, 0.15) is 30.7 Å². The van der Waals surface area contributed by atoms with Gasteiger partial charge in [-0.05, 0) is 18.4 Å². The van der Waals surface area contributed by atoms with Crippen molar-refractivity contribution in [3.8, 4) is 11.5 Å². The topological polar surface area (TPSA) is 50.8 Å². The smallest absolute Gasteiger partial charge is 0.321 e. The number of amides is 2. The van der Waals surface area contributed by atoms with Gasteiger partial charge in [0.05, 0.1) is 14.2 Å². The fraction of sp³-hybridized carbons (Fsp3) is 0.381. The van der Waals surface area contributed by atoms with E-state index in [9.17, 15) is 4.79 Å². The average Bonchev–Trinajstić information content (AvgIpc) is 2.94. The molecule has 0 radical (unpaired) electrons. The Labute approximate surface area is 154 Å². The standard InChI is InChI=1S/C21H26N2O3/c1-25-19-12-18(13-20(14-19)26-2)22-21(24)23-11-7-6-10-17(15-23)16-8-4-3-5-9-16/h3-5,8-9,12-14,17H,6-7,10-11,15H2,1-2H3,(H,22,24). The molecule has 26 heavy (non-hydrogen) atoms. The number of rotatable bonds is 4. The van der Waals surface area contributed by atoms with E-state index >= 15 is 0 Å². The van der Waals surface area contributed by atoms with Crippen molar-refractivity contribution in [1.82, 2.24) is 4.90 Å². The summed E-state index contributed by atoms with van der Waals surface area (Å²) in [5.41, 5.74) is 1.97. The molecule has 2 amide bonds. The second-order valence-corrected chi connectivity index (χ2v) is 6.58. The highest BCUT2D eigenvalue weighted by atomic mass is 16.5. The molecule has 1 fully saturated rings. The van der Waals surface area contributed by atoms with Crippen molar-refractivity contribution in [2.45, 2.75) is 25.2 Å². The third kappa shape index (κ3) is 4.48. The van der Waals surface area contributed by atoms with Crippen LogP contribution in [0.3, 0.4) is 0 Å². The summed E-state index contributed by atoms with van der Waals surface area (Å²) in [5.74, 6) is 1.68. The Balaban J connectivity index is 1.72. The number of hydrogen-bond acceptors (Lipinski definition) is 3. The number of likely N-dealkylation sites (tertiary alicyclic amines) is 1. The molecule has 0 aliphatic carbocycles. The molecule has 138 valence electrons. The van der Waals surface area contributed by atoms with E-state index in [2.05, 4.69) is 29.6 Å². The molecule has 0 aromatic heterocycles. The Morgan fingerprint density at radius 1 is 1.04 bits per heavy atom. The number of carbonyl (C=O) groups excluding carboxylic acids is 1. The van der Waals surface area contributed by atoms with Gasteiger partial charge in [-0.1, -0.05) is 36.8 Å². The fourth-order valence-corrected chi connectivity index (χ4v) is 3.41. The SMILES string of the molecule is COc1cc(NC(=O)N2CCCCC(c3ccccc3)C2)cc(OC)c1. The van der Waals surface area contributed by atoms with Crippen molar-refractivity contribution in [1.29, 1.82) is 0 Å². The van der Waals surface area contributed by atoms with Crippen molar-refractivity contribution in [2.75, 3.05) is 32.6 Å². The van der Waals surface area contributed by atoms with Gasteiger partial charge in [0, 0.05) is 42.9 Å². The van der Waals surface area contributed by atoms with Gasteiger partial charge in [0.25, 0.3) is 0 Å². The molecule has 1 N–H and O–H groups in total. The van der Waals surface area contributed by atoms with Gasteiger partial charge < -0.3 is 19.7 Å². The van der Waals surface area contributed by atoms with Crippen LogP contribution in [0.4, 0.5) is 10.5 Å². The van der Waals surface area contributed by atoms with Crippen molar-refractivity contribution in [3.63, 3.8) is 0 Å². The normalized spacial score (nSPS) is 17.3. The van der Waals surface area contributed by atoms with E-state index in [1.165, 1.54) is 5.56 Å². The van der Waals surface area contributed by atoms with Crippen molar-refractivity contribution >= 4 is 11.7 Å². The van der Waals surface area contributed by atoms with Crippen LogP contribution in [0.2, 0.25) is 0 Å². The molecule has 0 bridgehead atoms. The number of nitrogens with one attached hydrogen (secondary N) is 1. The lowest BCUT2D eigenvalue weighted by Gasteiger charge is -2.25. The summed E-state index contributed by atoms with van der Waals surface area (Å²) >= 11 is 0. The molecule has 3 rings (SSSR count). The first-order valence-corrected chi connectivity index (χ1v) is 9.03. The number of methoxy groups -OCH3 is 2. The first kappa shape index (κ1) is 18.1. The molecule has 2 aromatic carbocycles. The van der Waals surface area contributed by atoms with Gasteiger partial charge in [-0.25, -0.2) is 4.79 Å². The molecule has 1 unspecified atom stereocenters. The lowest BCUT2D eigenvalue weighted by Crippen LogP contribution is -2.37. The molecule has 5 nitrogen and oxygen atoms in total. The Morgan fingerprint density at radius 3 is 2.38 bits per heavy atom. The number of urea groups is 1. The molecule has 1 aliphatic rings. The maximum absolute atomic E-state index is 12.8. The molecule has 5 heteroatoms. The number of nitrogens with zero attached hydrogens (tertiary/aromatic N) is 1. The van der Waals surface area contributed by atoms with Gasteiger partial charge in [0.1, 0.15) is 11.5 Å². The summed E-state index contributed by atoms with van der Waals surface area (Å²) in [6.07, 6.45) is 3.27. The van der Waals surface area contributed by atoms with E-state index in [-0.39, 0.29) is 6.03 Å². The second kappa shape index (κ2) is 8.61. The van der Waals surface area contributed by atoms with Crippen LogP contribution in [0.15, 0.2) is 48.5 Å². The van der Waals surface area contributed by atoms with E-state index < -0.39 is 0 Å². The van der Waals surface area contributed by atoms with Crippen LogP contribution in [-0.4, -0.2) is 38.2 Å². The number of benzene rings is 2. The van der Waals surface area contributed by atoms with Gasteiger partial charge in [-0.15, -0.1) is 0 Å². The molecule has 0 spiro atoms.